The standard InChI is InChI=1S/C29H32F2N2O/c1-20-8-3-4-11-25(20)32-16-5-6-17-33-26(18-32)28(27(33)19-34-2)22-14-12-21(13-15-22)23-9-7-10-24(30)29(23)31/h3-4,7-15,26-28H,5-6,16-19H2,1-2H3/t26-,27+,28-/m0/s1. The van der Waals surface area contributed by atoms with Gasteiger partial charge in [-0.15, -0.1) is 0 Å². The van der Waals surface area contributed by atoms with Gasteiger partial charge in [-0.1, -0.05) is 54.6 Å². The number of anilines is 1. The first-order valence-corrected chi connectivity index (χ1v) is 12.2. The van der Waals surface area contributed by atoms with Gasteiger partial charge in [0.15, 0.2) is 11.6 Å². The van der Waals surface area contributed by atoms with Gasteiger partial charge in [0.1, 0.15) is 0 Å². The molecule has 0 aliphatic carbocycles. The molecule has 2 aliphatic rings. The van der Waals surface area contributed by atoms with E-state index >= 15 is 0 Å². The van der Waals surface area contributed by atoms with Crippen LogP contribution in [-0.4, -0.2) is 50.3 Å². The Kier molecular flexibility index (Phi) is 6.66. The predicted octanol–water partition coefficient (Wildman–Crippen LogP) is 6.02. The number of para-hydroxylation sites is 1. The summed E-state index contributed by atoms with van der Waals surface area (Å²) in [5, 5.41) is 0. The zero-order valence-electron chi connectivity index (χ0n) is 19.9. The molecule has 2 saturated heterocycles. The molecule has 0 unspecified atom stereocenters. The number of rotatable bonds is 5. The summed E-state index contributed by atoms with van der Waals surface area (Å²) in [6, 6.07) is 21.7. The minimum Gasteiger partial charge on any atom is -0.383 e. The first-order chi connectivity index (χ1) is 16.6. The lowest BCUT2D eigenvalue weighted by Crippen LogP contribution is -2.67. The van der Waals surface area contributed by atoms with E-state index in [1.54, 1.807) is 19.2 Å². The van der Waals surface area contributed by atoms with Gasteiger partial charge in [0.2, 0.25) is 0 Å². The van der Waals surface area contributed by atoms with Crippen molar-refractivity contribution >= 4 is 5.69 Å². The summed E-state index contributed by atoms with van der Waals surface area (Å²) >= 11 is 0. The molecular weight excluding hydrogens is 430 g/mol. The van der Waals surface area contributed by atoms with Crippen LogP contribution in [0.5, 0.6) is 0 Å². The molecule has 178 valence electrons. The zero-order valence-corrected chi connectivity index (χ0v) is 19.9. The minimum absolute atomic E-state index is 0.298. The van der Waals surface area contributed by atoms with Gasteiger partial charge in [0, 0.05) is 49.5 Å². The van der Waals surface area contributed by atoms with Gasteiger partial charge in [-0.2, -0.15) is 0 Å². The largest absolute Gasteiger partial charge is 0.383 e. The molecule has 0 aromatic heterocycles. The molecule has 0 N–H and O–H groups in total. The first-order valence-electron chi connectivity index (χ1n) is 12.2. The van der Waals surface area contributed by atoms with E-state index < -0.39 is 11.6 Å². The summed E-state index contributed by atoms with van der Waals surface area (Å²) in [7, 11) is 1.77. The quantitative estimate of drug-likeness (QED) is 0.461. The Hall–Kier alpha value is -2.76. The van der Waals surface area contributed by atoms with E-state index in [1.165, 1.54) is 29.7 Å². The molecule has 0 radical (unpaired) electrons. The lowest BCUT2D eigenvalue weighted by molar-refractivity contribution is -0.0522. The second-order valence-electron chi connectivity index (χ2n) is 9.52. The monoisotopic (exact) mass is 462 g/mol. The Morgan fingerprint density at radius 2 is 1.68 bits per heavy atom. The van der Waals surface area contributed by atoms with Crippen molar-refractivity contribution < 1.29 is 13.5 Å². The van der Waals surface area contributed by atoms with E-state index in [-0.39, 0.29) is 0 Å². The number of benzene rings is 3. The van der Waals surface area contributed by atoms with Crippen molar-refractivity contribution in [3.8, 4) is 11.1 Å². The average Bonchev–Trinajstić information content (AvgIpc) is 2.83. The second-order valence-corrected chi connectivity index (χ2v) is 9.52. The smallest absolute Gasteiger partial charge is 0.166 e. The third-order valence-electron chi connectivity index (χ3n) is 7.53. The number of methoxy groups -OCH3 is 1. The van der Waals surface area contributed by atoms with Crippen molar-refractivity contribution in [3.05, 3.63) is 89.5 Å². The van der Waals surface area contributed by atoms with Crippen molar-refractivity contribution in [2.75, 3.05) is 38.3 Å². The second kappa shape index (κ2) is 9.85. The highest BCUT2D eigenvalue weighted by Crippen LogP contribution is 2.43. The Balaban J connectivity index is 1.44. The third kappa shape index (κ3) is 4.23. The van der Waals surface area contributed by atoms with Gasteiger partial charge in [0.05, 0.1) is 6.61 Å². The van der Waals surface area contributed by atoms with E-state index in [9.17, 15) is 8.78 Å². The van der Waals surface area contributed by atoms with Crippen LogP contribution in [0.15, 0.2) is 66.7 Å². The Morgan fingerprint density at radius 1 is 0.912 bits per heavy atom. The lowest BCUT2D eigenvalue weighted by Gasteiger charge is -2.57. The van der Waals surface area contributed by atoms with Gasteiger partial charge < -0.3 is 9.64 Å². The van der Waals surface area contributed by atoms with Gasteiger partial charge in [-0.25, -0.2) is 8.78 Å². The Labute approximate surface area is 201 Å². The molecule has 3 aromatic rings. The molecule has 2 heterocycles. The maximum atomic E-state index is 14.3. The number of halogens is 2. The average molecular weight is 463 g/mol. The summed E-state index contributed by atoms with van der Waals surface area (Å²) in [4.78, 5) is 5.15. The van der Waals surface area contributed by atoms with E-state index in [2.05, 4.69) is 53.1 Å². The summed E-state index contributed by atoms with van der Waals surface area (Å²) in [5.74, 6) is -1.28. The van der Waals surface area contributed by atoms with Gasteiger partial charge in [-0.3, -0.25) is 4.90 Å². The summed E-state index contributed by atoms with van der Waals surface area (Å²) in [6.07, 6.45) is 2.35. The third-order valence-corrected chi connectivity index (χ3v) is 7.53. The maximum absolute atomic E-state index is 14.3. The van der Waals surface area contributed by atoms with Gasteiger partial charge in [0.25, 0.3) is 0 Å². The van der Waals surface area contributed by atoms with Crippen molar-refractivity contribution in [3.63, 3.8) is 0 Å². The molecule has 0 bridgehead atoms. The number of hydrogen-bond donors (Lipinski definition) is 0. The molecule has 3 atom stereocenters. The van der Waals surface area contributed by atoms with E-state index in [0.717, 1.165) is 25.7 Å². The van der Waals surface area contributed by atoms with Crippen LogP contribution >= 0.6 is 0 Å². The molecule has 0 saturated carbocycles. The fraction of sp³-hybridized carbons (Fsp3) is 0.379. The summed E-state index contributed by atoms with van der Waals surface area (Å²) < 4.78 is 33.7. The number of fused-ring (bicyclic) bond motifs is 1. The zero-order chi connectivity index (χ0) is 23.7. The van der Waals surface area contributed by atoms with Crippen LogP contribution in [0.3, 0.4) is 0 Å². The van der Waals surface area contributed by atoms with Crippen molar-refractivity contribution in [2.24, 2.45) is 0 Å². The topological polar surface area (TPSA) is 15.7 Å². The number of hydrogen-bond acceptors (Lipinski definition) is 3. The molecular formula is C29H32F2N2O. The maximum Gasteiger partial charge on any atom is 0.166 e. The van der Waals surface area contributed by atoms with Crippen LogP contribution in [0, 0.1) is 18.6 Å². The van der Waals surface area contributed by atoms with Gasteiger partial charge in [-0.05, 0) is 55.1 Å². The van der Waals surface area contributed by atoms with Crippen molar-refractivity contribution in [1.29, 1.82) is 0 Å². The van der Waals surface area contributed by atoms with E-state index in [1.807, 2.05) is 12.1 Å². The molecule has 34 heavy (non-hydrogen) atoms. The molecule has 2 fully saturated rings. The van der Waals surface area contributed by atoms with Crippen LogP contribution in [0.25, 0.3) is 11.1 Å². The van der Waals surface area contributed by atoms with Crippen LogP contribution < -0.4 is 4.90 Å². The highest BCUT2D eigenvalue weighted by Gasteiger charge is 2.49. The minimum atomic E-state index is -0.817. The molecule has 3 aromatic carbocycles. The molecule has 0 spiro atoms. The number of ether oxygens (including phenoxy) is 1. The predicted molar refractivity (Wildman–Crippen MR) is 133 cm³/mol. The lowest BCUT2D eigenvalue weighted by atomic mass is 9.74. The van der Waals surface area contributed by atoms with Gasteiger partial charge >= 0.3 is 0 Å². The van der Waals surface area contributed by atoms with E-state index in [0.29, 0.717) is 35.7 Å². The SMILES string of the molecule is COC[C@@H]1[C@@H](c2ccc(-c3cccc(F)c3F)cc2)[C@@H]2CN(c3ccccc3C)CCCCN12. The fourth-order valence-corrected chi connectivity index (χ4v) is 5.84. The molecule has 0 amide bonds. The Bertz CT molecular complexity index is 1130. The highest BCUT2D eigenvalue weighted by molar-refractivity contribution is 5.64. The van der Waals surface area contributed by atoms with Crippen LogP contribution in [0.2, 0.25) is 0 Å². The highest BCUT2D eigenvalue weighted by atomic mass is 19.2. The summed E-state index contributed by atoms with van der Waals surface area (Å²) in [5.41, 5.74) is 4.84. The normalized spacial score (nSPS) is 23.1. The molecule has 5 rings (SSSR count). The van der Waals surface area contributed by atoms with E-state index in [4.69, 9.17) is 4.74 Å². The fourth-order valence-electron chi connectivity index (χ4n) is 5.84. The van der Waals surface area contributed by atoms with Crippen molar-refractivity contribution in [1.82, 2.24) is 4.90 Å². The van der Waals surface area contributed by atoms with Crippen LogP contribution in [0.4, 0.5) is 14.5 Å². The number of aryl methyl sites for hydroxylation is 1. The molecule has 3 nitrogen and oxygen atoms in total. The van der Waals surface area contributed by atoms with Crippen LogP contribution in [-0.2, 0) is 4.74 Å². The molecule has 2 aliphatic heterocycles. The first kappa shape index (κ1) is 23.0. The van der Waals surface area contributed by atoms with Crippen molar-refractivity contribution in [2.45, 2.75) is 37.8 Å². The molecule has 5 heteroatoms. The number of nitrogens with zero attached hydrogens (tertiary/aromatic N) is 2. The van der Waals surface area contributed by atoms with Crippen LogP contribution in [0.1, 0.15) is 29.9 Å². The Morgan fingerprint density at radius 3 is 2.44 bits per heavy atom. The summed E-state index contributed by atoms with van der Waals surface area (Å²) in [6.45, 7) is 5.99.